The van der Waals surface area contributed by atoms with Gasteiger partial charge in [0.2, 0.25) is 0 Å². The molecule has 0 bridgehead atoms. The summed E-state index contributed by atoms with van der Waals surface area (Å²) in [7, 11) is 0. The molecule has 3 rings (SSSR count). The van der Waals surface area contributed by atoms with Gasteiger partial charge in [0.1, 0.15) is 6.17 Å². The van der Waals surface area contributed by atoms with Gasteiger partial charge in [-0.1, -0.05) is 48.4 Å². The molecule has 0 saturated heterocycles. The van der Waals surface area contributed by atoms with Crippen LogP contribution in [0.4, 0.5) is 5.69 Å². The van der Waals surface area contributed by atoms with E-state index in [1.807, 2.05) is 24.3 Å². The second-order valence-electron chi connectivity index (χ2n) is 3.45. The van der Waals surface area contributed by atoms with Crippen molar-refractivity contribution in [1.82, 2.24) is 0 Å². The van der Waals surface area contributed by atoms with Crippen LogP contribution in [0.25, 0.3) is 0 Å². The van der Waals surface area contributed by atoms with Gasteiger partial charge in [-0.25, -0.2) is 0 Å². The van der Waals surface area contributed by atoms with Gasteiger partial charge >= 0.3 is 0 Å². The van der Waals surface area contributed by atoms with Gasteiger partial charge in [0.15, 0.2) is 0 Å². The molecule has 0 aromatic heterocycles. The second kappa shape index (κ2) is 3.81. The van der Waals surface area contributed by atoms with Crippen LogP contribution >= 0.6 is 0 Å². The van der Waals surface area contributed by atoms with Crippen molar-refractivity contribution in [2.75, 3.05) is 5.32 Å². The van der Waals surface area contributed by atoms with Crippen LogP contribution in [0, 0.1) is 0 Å². The standard InChI is InChI=1S/C14H12N2/c1-2-6-11(7-3-1)14-15-10-12-8-4-5-9-13(12)16-14/h1-10,14,16H/i1D,2D,3D,6D,7D. The van der Waals surface area contributed by atoms with E-state index in [1.165, 1.54) is 0 Å². The average molecular weight is 213 g/mol. The fourth-order valence-corrected chi connectivity index (χ4v) is 1.62. The minimum atomic E-state index is -0.686. The summed E-state index contributed by atoms with van der Waals surface area (Å²) in [5.41, 5.74) is 1.89. The summed E-state index contributed by atoms with van der Waals surface area (Å²) in [5.74, 6) is 0. The Labute approximate surface area is 102 Å². The number of para-hydroxylation sites is 1. The largest absolute Gasteiger partial charge is 0.360 e. The molecule has 1 atom stereocenters. The maximum absolute atomic E-state index is 7.97. The van der Waals surface area contributed by atoms with E-state index in [-0.39, 0.29) is 29.7 Å². The molecular weight excluding hydrogens is 196 g/mol. The van der Waals surface area contributed by atoms with Crippen LogP contribution in [0.5, 0.6) is 0 Å². The number of aliphatic imine (C=N–C) groups is 1. The Morgan fingerprint density at radius 1 is 1.12 bits per heavy atom. The van der Waals surface area contributed by atoms with Crippen molar-refractivity contribution in [1.29, 1.82) is 0 Å². The quantitative estimate of drug-likeness (QED) is 0.772. The number of hydrogen-bond donors (Lipinski definition) is 1. The topological polar surface area (TPSA) is 24.4 Å². The Hall–Kier alpha value is -2.09. The highest BCUT2D eigenvalue weighted by Crippen LogP contribution is 2.26. The van der Waals surface area contributed by atoms with Crippen molar-refractivity contribution >= 4 is 11.9 Å². The monoisotopic (exact) mass is 213 g/mol. The number of nitrogens with zero attached hydrogens (tertiary/aromatic N) is 1. The molecule has 0 aliphatic carbocycles. The third-order valence-corrected chi connectivity index (χ3v) is 2.41. The summed E-state index contributed by atoms with van der Waals surface area (Å²) in [4.78, 5) is 4.27. The number of rotatable bonds is 1. The number of fused-ring (bicyclic) bond motifs is 1. The molecule has 1 aliphatic rings. The van der Waals surface area contributed by atoms with E-state index >= 15 is 0 Å². The van der Waals surface area contributed by atoms with Crippen molar-refractivity contribution < 1.29 is 6.85 Å². The molecular formula is C14H12N2. The highest BCUT2D eigenvalue weighted by Gasteiger charge is 2.13. The number of benzene rings is 2. The van der Waals surface area contributed by atoms with Crippen molar-refractivity contribution in [2.45, 2.75) is 6.17 Å². The molecule has 0 radical (unpaired) electrons. The molecule has 1 heterocycles. The Kier molecular flexibility index (Phi) is 1.26. The van der Waals surface area contributed by atoms with Crippen molar-refractivity contribution in [3.63, 3.8) is 0 Å². The molecule has 1 N–H and O–H groups in total. The van der Waals surface area contributed by atoms with Gasteiger partial charge in [0, 0.05) is 17.5 Å². The lowest BCUT2D eigenvalue weighted by molar-refractivity contribution is 0.834. The Bertz CT molecular complexity index is 728. The first kappa shape index (κ1) is 5.30. The first-order valence-corrected chi connectivity index (χ1v) is 4.96. The molecule has 78 valence electrons. The molecule has 2 aromatic carbocycles. The number of anilines is 1. The number of nitrogens with one attached hydrogen (secondary N) is 1. The van der Waals surface area contributed by atoms with E-state index in [4.69, 9.17) is 6.85 Å². The molecule has 2 aromatic rings. The van der Waals surface area contributed by atoms with E-state index in [1.54, 1.807) is 6.21 Å². The lowest BCUT2D eigenvalue weighted by atomic mass is 10.1. The Morgan fingerprint density at radius 2 is 1.94 bits per heavy atom. The van der Waals surface area contributed by atoms with Gasteiger partial charge in [0.05, 0.1) is 6.85 Å². The van der Waals surface area contributed by atoms with Gasteiger partial charge in [-0.3, -0.25) is 4.99 Å². The fraction of sp³-hybridized carbons (Fsp3) is 0.0714. The summed E-state index contributed by atoms with van der Waals surface area (Å²) >= 11 is 0. The molecule has 2 nitrogen and oxygen atoms in total. The lowest BCUT2D eigenvalue weighted by Gasteiger charge is -2.21. The summed E-state index contributed by atoms with van der Waals surface area (Å²) in [6.07, 6.45) is 0.964. The van der Waals surface area contributed by atoms with Gasteiger partial charge in [-0.15, -0.1) is 0 Å². The number of hydrogen-bond acceptors (Lipinski definition) is 2. The van der Waals surface area contributed by atoms with Crippen LogP contribution in [0.3, 0.4) is 0 Å². The van der Waals surface area contributed by atoms with Crippen LogP contribution in [0.2, 0.25) is 0 Å². The van der Waals surface area contributed by atoms with E-state index in [9.17, 15) is 0 Å². The molecule has 1 aliphatic heterocycles. The van der Waals surface area contributed by atoms with Crippen LogP contribution in [0.1, 0.15) is 24.1 Å². The van der Waals surface area contributed by atoms with Gasteiger partial charge in [0.25, 0.3) is 0 Å². The van der Waals surface area contributed by atoms with Crippen LogP contribution in [-0.4, -0.2) is 6.21 Å². The molecule has 0 amide bonds. The lowest BCUT2D eigenvalue weighted by Crippen LogP contribution is -2.14. The van der Waals surface area contributed by atoms with Crippen molar-refractivity contribution in [3.05, 3.63) is 65.6 Å². The molecule has 0 spiro atoms. The van der Waals surface area contributed by atoms with Crippen LogP contribution in [0.15, 0.2) is 59.5 Å². The maximum atomic E-state index is 7.97. The zero-order chi connectivity index (χ0) is 15.1. The summed E-state index contributed by atoms with van der Waals surface area (Å²) in [5, 5.41) is 3.10. The second-order valence-corrected chi connectivity index (χ2v) is 3.45. The molecule has 0 saturated carbocycles. The normalized spacial score (nSPS) is 22.0. The minimum absolute atomic E-state index is 0.159. The average Bonchev–Trinajstić information content (AvgIpc) is 2.51. The van der Waals surface area contributed by atoms with Crippen LogP contribution < -0.4 is 5.32 Å². The molecule has 2 heteroatoms. The summed E-state index contributed by atoms with van der Waals surface area (Å²) in [6.45, 7) is 0. The van der Waals surface area contributed by atoms with E-state index < -0.39 is 12.2 Å². The summed E-state index contributed by atoms with van der Waals surface area (Å²) < 4.78 is 39.0. The fourth-order valence-electron chi connectivity index (χ4n) is 1.62. The van der Waals surface area contributed by atoms with Gasteiger partial charge in [-0.2, -0.15) is 0 Å². The first-order valence-electron chi connectivity index (χ1n) is 7.46. The predicted octanol–water partition coefficient (Wildman–Crippen LogP) is 3.23. The van der Waals surface area contributed by atoms with Gasteiger partial charge in [-0.05, 0) is 11.6 Å². The molecule has 16 heavy (non-hydrogen) atoms. The third-order valence-electron chi connectivity index (χ3n) is 2.41. The Morgan fingerprint density at radius 3 is 2.81 bits per heavy atom. The van der Waals surface area contributed by atoms with Gasteiger partial charge < -0.3 is 5.32 Å². The predicted molar refractivity (Wildman–Crippen MR) is 66.8 cm³/mol. The van der Waals surface area contributed by atoms with Crippen LogP contribution in [-0.2, 0) is 0 Å². The first-order chi connectivity index (χ1) is 10.0. The smallest absolute Gasteiger partial charge is 0.144 e. The van der Waals surface area contributed by atoms with E-state index in [2.05, 4.69) is 10.3 Å². The molecule has 1 unspecified atom stereocenters. The third kappa shape index (κ3) is 1.58. The highest BCUT2D eigenvalue weighted by atomic mass is 15.1. The zero-order valence-corrected chi connectivity index (χ0v) is 8.41. The highest BCUT2D eigenvalue weighted by molar-refractivity contribution is 5.89. The van der Waals surface area contributed by atoms with E-state index in [0.717, 1.165) is 11.3 Å². The molecule has 0 fully saturated rings. The summed E-state index contributed by atoms with van der Waals surface area (Å²) in [6, 6.07) is 5.97. The van der Waals surface area contributed by atoms with Crippen molar-refractivity contribution in [2.24, 2.45) is 4.99 Å². The van der Waals surface area contributed by atoms with E-state index in [0.29, 0.717) is 0 Å². The Balaban J connectivity index is 2.12. The minimum Gasteiger partial charge on any atom is -0.360 e. The van der Waals surface area contributed by atoms with Crippen molar-refractivity contribution in [3.8, 4) is 0 Å². The SMILES string of the molecule is [2H]c1c([2H])c([2H])c(C2N=Cc3ccccc3N2)c([2H])c1[2H]. The zero-order valence-electron chi connectivity index (χ0n) is 13.4. The maximum Gasteiger partial charge on any atom is 0.144 e.